The van der Waals surface area contributed by atoms with Crippen LogP contribution in [0.15, 0.2) is 54.6 Å². The number of likely N-dealkylation sites (N-methyl/N-ethyl adjacent to an activating group) is 1. The summed E-state index contributed by atoms with van der Waals surface area (Å²) in [5, 5.41) is 5.48. The Hall–Kier alpha value is -3.00. The highest BCUT2D eigenvalue weighted by Gasteiger charge is 2.33. The first-order valence-electron chi connectivity index (χ1n) is 13.5. The molecule has 3 amide bonds. The van der Waals surface area contributed by atoms with Gasteiger partial charge in [0.25, 0.3) is 11.8 Å². The average Bonchev–Trinajstić information content (AvgIpc) is 2.91. The fourth-order valence-electron chi connectivity index (χ4n) is 4.12. The van der Waals surface area contributed by atoms with Crippen molar-refractivity contribution in [3.8, 4) is 0 Å². The molecule has 9 nitrogen and oxygen atoms in total. The fraction of sp³-hybridized carbons (Fsp3) is 0.483. The minimum atomic E-state index is -3.99. The fourth-order valence-corrected chi connectivity index (χ4v) is 5.77. The number of nitrogens with one attached hydrogen (secondary N) is 2. The zero-order chi connectivity index (χ0) is 28.8. The van der Waals surface area contributed by atoms with Gasteiger partial charge in [-0.2, -0.15) is 0 Å². The molecular weight excluding hydrogens is 515 g/mol. The Balaban J connectivity index is 2.20. The van der Waals surface area contributed by atoms with Crippen LogP contribution in [-0.2, 0) is 15.8 Å². The lowest BCUT2D eigenvalue weighted by Crippen LogP contribution is -2.38. The maximum atomic E-state index is 13.5. The van der Waals surface area contributed by atoms with Gasteiger partial charge in [-0.1, -0.05) is 50.2 Å². The van der Waals surface area contributed by atoms with Crippen LogP contribution in [0.25, 0.3) is 0 Å². The van der Waals surface area contributed by atoms with Crippen LogP contribution in [-0.4, -0.2) is 84.6 Å². The summed E-state index contributed by atoms with van der Waals surface area (Å²) in [6.45, 7) is 6.36. The van der Waals surface area contributed by atoms with Crippen molar-refractivity contribution >= 4 is 25.1 Å². The molecule has 0 bridgehead atoms. The second-order valence-corrected chi connectivity index (χ2v) is 12.5. The molecule has 2 aromatic carbocycles. The molecular formula is C29H43N4O5P. The Morgan fingerprint density at radius 1 is 0.923 bits per heavy atom. The molecule has 0 fully saturated rings. The van der Waals surface area contributed by atoms with E-state index in [4.69, 9.17) is 0 Å². The van der Waals surface area contributed by atoms with E-state index in [1.54, 1.807) is 23.1 Å². The molecule has 3 N–H and O–H groups in total. The van der Waals surface area contributed by atoms with Gasteiger partial charge in [0.15, 0.2) is 0 Å². The van der Waals surface area contributed by atoms with Gasteiger partial charge in [-0.05, 0) is 50.7 Å². The maximum absolute atomic E-state index is 13.5. The van der Waals surface area contributed by atoms with Crippen molar-refractivity contribution in [1.82, 2.24) is 20.4 Å². The normalized spacial score (nSPS) is 13.4. The first-order valence-corrected chi connectivity index (χ1v) is 15.5. The minimum Gasteiger partial charge on any atom is -0.355 e. The Bertz CT molecular complexity index is 1120. The molecule has 2 rings (SSSR count). The lowest BCUT2D eigenvalue weighted by molar-refractivity contribution is -0.120. The van der Waals surface area contributed by atoms with Gasteiger partial charge in [0.05, 0.1) is 0 Å². The number of nitrogens with zero attached hydrogens (tertiary/aromatic N) is 2. The van der Waals surface area contributed by atoms with Gasteiger partial charge in [0.1, 0.15) is 5.78 Å². The summed E-state index contributed by atoms with van der Waals surface area (Å²) in [7, 11) is -0.207. The van der Waals surface area contributed by atoms with Gasteiger partial charge in [-0.25, -0.2) is 0 Å². The molecule has 0 aliphatic carbocycles. The Labute approximate surface area is 232 Å². The zero-order valence-corrected chi connectivity index (χ0v) is 24.5. The van der Waals surface area contributed by atoms with Gasteiger partial charge >= 0.3 is 0 Å². The monoisotopic (exact) mass is 558 g/mol. The van der Waals surface area contributed by atoms with E-state index >= 15 is 0 Å². The summed E-state index contributed by atoms with van der Waals surface area (Å²) in [5.41, 5.74) is 1.41. The second-order valence-electron chi connectivity index (χ2n) is 9.93. The summed E-state index contributed by atoms with van der Waals surface area (Å²) < 4.78 is 13.5. The van der Waals surface area contributed by atoms with Crippen LogP contribution >= 0.6 is 7.37 Å². The molecule has 0 spiro atoms. The number of carbonyl (C=O) groups excluding carboxylic acids is 3. The Morgan fingerprint density at radius 3 is 2.18 bits per heavy atom. The number of benzene rings is 2. The molecule has 0 saturated heterocycles. The van der Waals surface area contributed by atoms with E-state index < -0.39 is 19.1 Å². The molecule has 0 radical (unpaired) electrons. The molecule has 0 saturated carbocycles. The summed E-state index contributed by atoms with van der Waals surface area (Å²) >= 11 is 0. The molecule has 0 aliphatic rings. The molecule has 2 unspecified atom stereocenters. The van der Waals surface area contributed by atoms with E-state index in [1.165, 1.54) is 6.07 Å². The third-order valence-corrected chi connectivity index (χ3v) is 8.39. The number of hydrogen-bond donors (Lipinski definition) is 3. The van der Waals surface area contributed by atoms with E-state index in [-0.39, 0.29) is 36.4 Å². The second kappa shape index (κ2) is 16.2. The molecule has 10 heteroatoms. The lowest BCUT2D eigenvalue weighted by atomic mass is 10.1. The SMILES string of the molecule is CCCN(CCC)C(=O)c1cccc(C(=O)NC(Cc2ccccc2)P(=O)(O)CCC(=O)NCCN(C)C)c1. The van der Waals surface area contributed by atoms with E-state index in [1.807, 2.05) is 63.2 Å². The van der Waals surface area contributed by atoms with Crippen molar-refractivity contribution in [2.45, 2.75) is 45.3 Å². The predicted molar refractivity (Wildman–Crippen MR) is 155 cm³/mol. The van der Waals surface area contributed by atoms with E-state index in [0.29, 0.717) is 31.7 Å². The van der Waals surface area contributed by atoms with Crippen LogP contribution in [0.2, 0.25) is 0 Å². The Kier molecular flexibility index (Phi) is 13.4. The van der Waals surface area contributed by atoms with Crippen molar-refractivity contribution in [2.24, 2.45) is 0 Å². The first-order chi connectivity index (χ1) is 18.6. The van der Waals surface area contributed by atoms with Gasteiger partial charge < -0.3 is 25.3 Å². The molecule has 39 heavy (non-hydrogen) atoms. The molecule has 2 aromatic rings. The number of rotatable bonds is 16. The van der Waals surface area contributed by atoms with Crippen LogP contribution in [0.1, 0.15) is 59.4 Å². The summed E-state index contributed by atoms with van der Waals surface area (Å²) in [4.78, 5) is 53.3. The lowest BCUT2D eigenvalue weighted by Gasteiger charge is -2.25. The van der Waals surface area contributed by atoms with Gasteiger partial charge in [-0.15, -0.1) is 0 Å². The van der Waals surface area contributed by atoms with Crippen molar-refractivity contribution < 1.29 is 23.8 Å². The average molecular weight is 559 g/mol. The van der Waals surface area contributed by atoms with Crippen molar-refractivity contribution in [2.75, 3.05) is 46.4 Å². The first kappa shape index (κ1) is 32.2. The highest BCUT2D eigenvalue weighted by Crippen LogP contribution is 2.47. The molecule has 214 valence electrons. The Morgan fingerprint density at radius 2 is 1.56 bits per heavy atom. The van der Waals surface area contributed by atoms with Crippen molar-refractivity contribution in [3.05, 3.63) is 71.3 Å². The quantitative estimate of drug-likeness (QED) is 0.271. The zero-order valence-electron chi connectivity index (χ0n) is 23.6. The van der Waals surface area contributed by atoms with Crippen molar-refractivity contribution in [3.63, 3.8) is 0 Å². The standard InChI is InChI=1S/C29H43N4O5P/c1-5-17-33(18-6-2)29(36)25-14-10-13-24(22-25)28(35)31-27(21-23-11-8-7-9-12-23)39(37,38)20-15-26(34)30-16-19-32(3)4/h7-14,22,27H,5-6,15-21H2,1-4H3,(H,30,34)(H,31,35)(H,37,38). The maximum Gasteiger partial charge on any atom is 0.253 e. The van der Waals surface area contributed by atoms with Gasteiger partial charge in [0.2, 0.25) is 13.3 Å². The van der Waals surface area contributed by atoms with Crippen LogP contribution in [0.3, 0.4) is 0 Å². The number of amides is 3. The summed E-state index contributed by atoms with van der Waals surface area (Å²) in [6.07, 6.45) is 1.39. The topological polar surface area (TPSA) is 119 Å². The molecule has 0 aliphatic heterocycles. The summed E-state index contributed by atoms with van der Waals surface area (Å²) in [6, 6.07) is 15.5. The van der Waals surface area contributed by atoms with Crippen LogP contribution in [0, 0.1) is 0 Å². The van der Waals surface area contributed by atoms with Crippen LogP contribution < -0.4 is 10.6 Å². The van der Waals surface area contributed by atoms with Crippen LogP contribution in [0.4, 0.5) is 0 Å². The third kappa shape index (κ3) is 10.9. The van der Waals surface area contributed by atoms with Gasteiger partial charge in [0, 0.05) is 56.3 Å². The number of hydrogen-bond acceptors (Lipinski definition) is 5. The van der Waals surface area contributed by atoms with E-state index in [2.05, 4.69) is 10.6 Å². The highest BCUT2D eigenvalue weighted by molar-refractivity contribution is 7.58. The molecule has 2 atom stereocenters. The highest BCUT2D eigenvalue weighted by atomic mass is 31.2. The number of carbonyl (C=O) groups is 3. The minimum absolute atomic E-state index is 0.127. The third-order valence-electron chi connectivity index (χ3n) is 6.24. The van der Waals surface area contributed by atoms with E-state index in [9.17, 15) is 23.8 Å². The largest absolute Gasteiger partial charge is 0.355 e. The predicted octanol–water partition coefficient (Wildman–Crippen LogP) is 3.59. The van der Waals surface area contributed by atoms with Gasteiger partial charge in [-0.3, -0.25) is 18.9 Å². The summed E-state index contributed by atoms with van der Waals surface area (Å²) in [5.74, 6) is -2.11. The smallest absolute Gasteiger partial charge is 0.253 e. The van der Waals surface area contributed by atoms with Crippen LogP contribution in [0.5, 0.6) is 0 Å². The van der Waals surface area contributed by atoms with Crippen molar-refractivity contribution in [1.29, 1.82) is 0 Å². The molecule has 0 heterocycles. The van der Waals surface area contributed by atoms with E-state index in [0.717, 1.165) is 18.4 Å². The molecule has 0 aromatic heterocycles.